The Bertz CT molecular complexity index is 395. The maximum atomic E-state index is 5.95. The largest absolute Gasteiger partial charge is 0.357 e. The summed E-state index contributed by atoms with van der Waals surface area (Å²) in [5, 5.41) is 0. The third-order valence-electron chi connectivity index (χ3n) is 4.60. The molecule has 1 saturated carbocycles. The van der Waals surface area contributed by atoms with Crippen molar-refractivity contribution < 1.29 is 0 Å². The molecule has 0 radical (unpaired) electrons. The van der Waals surface area contributed by atoms with Gasteiger partial charge in [-0.1, -0.05) is 13.3 Å². The summed E-state index contributed by atoms with van der Waals surface area (Å²) in [6.45, 7) is 4.33. The van der Waals surface area contributed by atoms with E-state index in [1.807, 2.05) is 19.2 Å². The Hall–Kier alpha value is -1.09. The summed E-state index contributed by atoms with van der Waals surface area (Å²) in [6.07, 6.45) is 8.51. The van der Waals surface area contributed by atoms with E-state index in [1.165, 1.54) is 37.7 Å². The normalized spacial score (nSPS) is 25.1. The van der Waals surface area contributed by atoms with Gasteiger partial charge in [0.15, 0.2) is 0 Å². The van der Waals surface area contributed by atoms with Crippen molar-refractivity contribution in [3.63, 3.8) is 0 Å². The lowest BCUT2D eigenvalue weighted by Crippen LogP contribution is -2.35. The SMILES string of the molecule is CCC1CCC(N(C)c2cc(C(C)N)ccn2)CC1. The Morgan fingerprint density at radius 3 is 2.63 bits per heavy atom. The Labute approximate surface area is 117 Å². The standard InChI is InChI=1S/C16H27N3/c1-4-13-5-7-15(8-6-13)19(3)16-11-14(12(2)17)9-10-18-16/h9-13,15H,4-8,17H2,1-3H3. The van der Waals surface area contributed by atoms with E-state index >= 15 is 0 Å². The fraction of sp³-hybridized carbons (Fsp3) is 0.688. The van der Waals surface area contributed by atoms with Crippen LogP contribution in [-0.2, 0) is 0 Å². The number of pyridine rings is 1. The molecule has 0 aromatic carbocycles. The van der Waals surface area contributed by atoms with Gasteiger partial charge < -0.3 is 10.6 Å². The van der Waals surface area contributed by atoms with Crippen molar-refractivity contribution in [1.29, 1.82) is 0 Å². The van der Waals surface area contributed by atoms with E-state index in [9.17, 15) is 0 Å². The lowest BCUT2D eigenvalue weighted by molar-refractivity contribution is 0.313. The van der Waals surface area contributed by atoms with Crippen molar-refractivity contribution in [3.8, 4) is 0 Å². The summed E-state index contributed by atoms with van der Waals surface area (Å²) in [4.78, 5) is 6.85. The van der Waals surface area contributed by atoms with Crippen molar-refractivity contribution in [3.05, 3.63) is 23.9 Å². The topological polar surface area (TPSA) is 42.1 Å². The smallest absolute Gasteiger partial charge is 0.128 e. The van der Waals surface area contributed by atoms with E-state index in [1.54, 1.807) is 0 Å². The quantitative estimate of drug-likeness (QED) is 0.902. The molecule has 1 aliphatic rings. The van der Waals surface area contributed by atoms with Gasteiger partial charge in [0.1, 0.15) is 5.82 Å². The first-order valence-corrected chi connectivity index (χ1v) is 7.56. The van der Waals surface area contributed by atoms with Crippen molar-refractivity contribution in [2.75, 3.05) is 11.9 Å². The third-order valence-corrected chi connectivity index (χ3v) is 4.60. The van der Waals surface area contributed by atoms with Gasteiger partial charge in [-0.05, 0) is 56.2 Å². The predicted octanol–water partition coefficient (Wildman–Crippen LogP) is 3.51. The molecule has 0 aliphatic heterocycles. The zero-order valence-corrected chi connectivity index (χ0v) is 12.5. The second-order valence-corrected chi connectivity index (χ2v) is 5.93. The summed E-state index contributed by atoms with van der Waals surface area (Å²) in [6, 6.07) is 4.86. The summed E-state index contributed by atoms with van der Waals surface area (Å²) < 4.78 is 0. The number of rotatable bonds is 4. The van der Waals surface area contributed by atoms with Crippen LogP contribution in [0.4, 0.5) is 5.82 Å². The molecule has 1 aliphatic carbocycles. The molecule has 1 aromatic rings. The highest BCUT2D eigenvalue weighted by molar-refractivity contribution is 5.42. The van der Waals surface area contributed by atoms with Gasteiger partial charge in [-0.15, -0.1) is 0 Å². The van der Waals surface area contributed by atoms with Crippen LogP contribution in [0.15, 0.2) is 18.3 Å². The molecule has 0 amide bonds. The van der Waals surface area contributed by atoms with E-state index < -0.39 is 0 Å². The van der Waals surface area contributed by atoms with Gasteiger partial charge in [-0.2, -0.15) is 0 Å². The summed E-state index contributed by atoms with van der Waals surface area (Å²) in [5.74, 6) is 2.00. The number of aromatic nitrogens is 1. The molecule has 19 heavy (non-hydrogen) atoms. The maximum Gasteiger partial charge on any atom is 0.128 e. The van der Waals surface area contributed by atoms with Crippen molar-refractivity contribution in [1.82, 2.24) is 4.98 Å². The minimum atomic E-state index is 0.0750. The predicted molar refractivity (Wildman–Crippen MR) is 81.3 cm³/mol. The lowest BCUT2D eigenvalue weighted by atomic mass is 9.84. The van der Waals surface area contributed by atoms with Gasteiger partial charge in [0, 0.05) is 25.3 Å². The zero-order chi connectivity index (χ0) is 13.8. The first-order chi connectivity index (χ1) is 9.11. The van der Waals surface area contributed by atoms with Crippen LogP contribution in [0, 0.1) is 5.92 Å². The van der Waals surface area contributed by atoms with Gasteiger partial charge in [0.05, 0.1) is 0 Å². The van der Waals surface area contributed by atoms with Crippen LogP contribution < -0.4 is 10.6 Å². The first kappa shape index (κ1) is 14.3. The molecule has 2 N–H and O–H groups in total. The molecule has 1 fully saturated rings. The monoisotopic (exact) mass is 261 g/mol. The molecule has 2 rings (SSSR count). The van der Waals surface area contributed by atoms with Crippen molar-refractivity contribution >= 4 is 5.82 Å². The first-order valence-electron chi connectivity index (χ1n) is 7.56. The van der Waals surface area contributed by atoms with Gasteiger partial charge in [0.2, 0.25) is 0 Å². The molecular weight excluding hydrogens is 234 g/mol. The second-order valence-electron chi connectivity index (χ2n) is 5.93. The number of nitrogens with two attached hydrogens (primary N) is 1. The van der Waals surface area contributed by atoms with Crippen molar-refractivity contribution in [2.24, 2.45) is 11.7 Å². The average molecular weight is 261 g/mol. The summed E-state index contributed by atoms with van der Waals surface area (Å²) in [7, 11) is 2.17. The van der Waals surface area contributed by atoms with Crippen LogP contribution >= 0.6 is 0 Å². The number of nitrogens with zero attached hydrogens (tertiary/aromatic N) is 2. The van der Waals surface area contributed by atoms with Crippen LogP contribution in [0.5, 0.6) is 0 Å². The highest BCUT2D eigenvalue weighted by atomic mass is 15.2. The molecular formula is C16H27N3. The van der Waals surface area contributed by atoms with E-state index in [0.717, 1.165) is 11.7 Å². The Balaban J connectivity index is 2.03. The number of hydrogen-bond donors (Lipinski definition) is 1. The molecule has 1 aromatic heterocycles. The molecule has 1 atom stereocenters. The molecule has 0 spiro atoms. The highest BCUT2D eigenvalue weighted by Gasteiger charge is 2.23. The molecule has 0 saturated heterocycles. The minimum absolute atomic E-state index is 0.0750. The molecule has 3 nitrogen and oxygen atoms in total. The molecule has 1 heterocycles. The maximum absolute atomic E-state index is 5.95. The van der Waals surface area contributed by atoms with Gasteiger partial charge in [-0.3, -0.25) is 0 Å². The highest BCUT2D eigenvalue weighted by Crippen LogP contribution is 2.30. The Morgan fingerprint density at radius 2 is 2.05 bits per heavy atom. The third kappa shape index (κ3) is 3.47. The zero-order valence-electron chi connectivity index (χ0n) is 12.5. The summed E-state index contributed by atoms with van der Waals surface area (Å²) in [5.41, 5.74) is 7.12. The van der Waals surface area contributed by atoms with Crippen molar-refractivity contribution in [2.45, 2.75) is 58.0 Å². The van der Waals surface area contributed by atoms with Gasteiger partial charge in [0.25, 0.3) is 0 Å². The number of hydrogen-bond acceptors (Lipinski definition) is 3. The molecule has 0 bridgehead atoms. The number of anilines is 1. The Morgan fingerprint density at radius 1 is 1.37 bits per heavy atom. The van der Waals surface area contributed by atoms with E-state index in [-0.39, 0.29) is 6.04 Å². The van der Waals surface area contributed by atoms with E-state index in [0.29, 0.717) is 6.04 Å². The molecule has 3 heteroatoms. The minimum Gasteiger partial charge on any atom is -0.357 e. The fourth-order valence-electron chi connectivity index (χ4n) is 3.04. The summed E-state index contributed by atoms with van der Waals surface area (Å²) >= 11 is 0. The van der Waals surface area contributed by atoms with Crippen LogP contribution in [0.2, 0.25) is 0 Å². The van der Waals surface area contributed by atoms with Crippen LogP contribution in [0.1, 0.15) is 57.6 Å². The Kier molecular flexibility index (Phi) is 4.81. The van der Waals surface area contributed by atoms with Crippen LogP contribution in [-0.4, -0.2) is 18.1 Å². The van der Waals surface area contributed by atoms with E-state index in [2.05, 4.69) is 29.9 Å². The lowest BCUT2D eigenvalue weighted by Gasteiger charge is -2.35. The molecule has 1 unspecified atom stereocenters. The second kappa shape index (κ2) is 6.38. The van der Waals surface area contributed by atoms with Crippen LogP contribution in [0.25, 0.3) is 0 Å². The fourth-order valence-corrected chi connectivity index (χ4v) is 3.04. The van der Waals surface area contributed by atoms with E-state index in [4.69, 9.17) is 5.73 Å². The average Bonchev–Trinajstić information content (AvgIpc) is 2.46. The van der Waals surface area contributed by atoms with Crippen LogP contribution in [0.3, 0.4) is 0 Å². The molecule has 106 valence electrons. The van der Waals surface area contributed by atoms with Gasteiger partial charge in [-0.25, -0.2) is 4.98 Å². The van der Waals surface area contributed by atoms with Gasteiger partial charge >= 0.3 is 0 Å².